The van der Waals surface area contributed by atoms with Crippen molar-refractivity contribution in [3.8, 4) is 0 Å². The zero-order valence-electron chi connectivity index (χ0n) is 11.4. The Morgan fingerprint density at radius 1 is 1.42 bits per heavy atom. The van der Waals surface area contributed by atoms with Crippen LogP contribution in [0.5, 0.6) is 0 Å². The number of hydrogen-bond donors (Lipinski definition) is 1. The predicted octanol–water partition coefficient (Wildman–Crippen LogP) is 1.57. The normalized spacial score (nSPS) is 51.3. The minimum Gasteiger partial charge on any atom is -0.454 e. The fourth-order valence-corrected chi connectivity index (χ4v) is 4.71. The molecule has 0 radical (unpaired) electrons. The second-order valence-electron chi connectivity index (χ2n) is 6.83. The molecule has 1 spiro atoms. The van der Waals surface area contributed by atoms with Crippen LogP contribution in [0.2, 0.25) is 0 Å². The number of esters is 1. The number of ether oxygens (including phenoxy) is 2. The van der Waals surface area contributed by atoms with Crippen molar-refractivity contribution >= 4 is 5.97 Å². The molecule has 1 saturated heterocycles. The van der Waals surface area contributed by atoms with Gasteiger partial charge in [-0.1, -0.05) is 13.8 Å². The third-order valence-corrected chi connectivity index (χ3v) is 6.21. The number of aliphatic hydroxyl groups excluding tert-OH is 1. The van der Waals surface area contributed by atoms with Crippen molar-refractivity contribution in [1.82, 2.24) is 0 Å². The van der Waals surface area contributed by atoms with Gasteiger partial charge in [-0.05, 0) is 30.8 Å². The molecule has 0 aromatic rings. The van der Waals surface area contributed by atoms with Crippen molar-refractivity contribution in [2.45, 2.75) is 57.3 Å². The number of carbonyl (C=O) groups excluding carboxylic acids is 1. The van der Waals surface area contributed by atoms with Gasteiger partial charge in [0.05, 0.1) is 18.3 Å². The third kappa shape index (κ3) is 1.24. The van der Waals surface area contributed by atoms with E-state index in [0.29, 0.717) is 17.6 Å². The molecule has 0 bridgehead atoms. The Hall–Kier alpha value is -0.870. The Morgan fingerprint density at radius 3 is 2.95 bits per heavy atom. The largest absolute Gasteiger partial charge is 0.454 e. The maximum absolute atomic E-state index is 11.8. The van der Waals surface area contributed by atoms with Crippen molar-refractivity contribution in [1.29, 1.82) is 0 Å². The molecule has 19 heavy (non-hydrogen) atoms. The average molecular weight is 264 g/mol. The topological polar surface area (TPSA) is 59.1 Å². The first kappa shape index (κ1) is 11.9. The first-order valence-corrected chi connectivity index (χ1v) is 7.23. The van der Waals surface area contributed by atoms with Crippen LogP contribution >= 0.6 is 0 Å². The van der Waals surface area contributed by atoms with Gasteiger partial charge in [0.15, 0.2) is 0 Å². The van der Waals surface area contributed by atoms with Gasteiger partial charge < -0.3 is 14.6 Å². The van der Waals surface area contributed by atoms with E-state index in [0.717, 1.165) is 24.8 Å². The maximum atomic E-state index is 11.8. The van der Waals surface area contributed by atoms with E-state index in [9.17, 15) is 9.90 Å². The lowest BCUT2D eigenvalue weighted by Crippen LogP contribution is -2.51. The van der Waals surface area contributed by atoms with Crippen LogP contribution in [-0.2, 0) is 14.3 Å². The van der Waals surface area contributed by atoms with Crippen LogP contribution in [-0.4, -0.2) is 35.5 Å². The zero-order valence-corrected chi connectivity index (χ0v) is 11.4. The Labute approximate surface area is 112 Å². The van der Waals surface area contributed by atoms with Gasteiger partial charge in [0.2, 0.25) is 0 Å². The Balaban J connectivity index is 1.78. The highest BCUT2D eigenvalue weighted by molar-refractivity contribution is 5.92. The van der Waals surface area contributed by atoms with Gasteiger partial charge in [-0.2, -0.15) is 0 Å². The number of rotatable bonds is 1. The zero-order chi connectivity index (χ0) is 13.4. The first-order chi connectivity index (χ1) is 9.02. The van der Waals surface area contributed by atoms with E-state index < -0.39 is 0 Å². The molecule has 4 aliphatic rings. The van der Waals surface area contributed by atoms with Crippen molar-refractivity contribution in [2.75, 3.05) is 6.61 Å². The quantitative estimate of drug-likeness (QED) is 0.577. The van der Waals surface area contributed by atoms with Crippen LogP contribution in [0.1, 0.15) is 39.5 Å². The standard InChI is InChI=1S/C15H20O4/c1-8-3-4-12-15(19-12)6-11-9(5-14(8,15)2)10(7-16)13(17)18-11/h8,11-12,16H,3-7H2,1-2H3/t8-,11-,12-,14-,15-/m1/s1. The van der Waals surface area contributed by atoms with E-state index in [2.05, 4.69) is 13.8 Å². The van der Waals surface area contributed by atoms with Crippen LogP contribution in [0, 0.1) is 11.3 Å². The monoisotopic (exact) mass is 264 g/mol. The first-order valence-electron chi connectivity index (χ1n) is 7.23. The smallest absolute Gasteiger partial charge is 0.337 e. The molecule has 1 N–H and O–H groups in total. The second kappa shape index (κ2) is 3.41. The molecule has 2 aliphatic carbocycles. The number of hydrogen-bond acceptors (Lipinski definition) is 4. The van der Waals surface area contributed by atoms with Crippen molar-refractivity contribution in [2.24, 2.45) is 11.3 Å². The molecule has 0 aromatic carbocycles. The molecule has 2 heterocycles. The fraction of sp³-hybridized carbons (Fsp3) is 0.800. The average Bonchev–Trinajstić information content (AvgIpc) is 2.99. The summed E-state index contributed by atoms with van der Waals surface area (Å²) in [4.78, 5) is 11.8. The molecule has 2 saturated carbocycles. The fourth-order valence-electron chi connectivity index (χ4n) is 4.71. The Bertz CT molecular complexity index is 496. The molecule has 2 aliphatic heterocycles. The summed E-state index contributed by atoms with van der Waals surface area (Å²) in [5.41, 5.74) is 1.53. The molecule has 0 amide bonds. The highest BCUT2D eigenvalue weighted by atomic mass is 16.6. The van der Waals surface area contributed by atoms with Crippen molar-refractivity contribution in [3.05, 3.63) is 11.1 Å². The van der Waals surface area contributed by atoms with E-state index in [1.807, 2.05) is 0 Å². The van der Waals surface area contributed by atoms with Gasteiger partial charge in [-0.25, -0.2) is 4.79 Å². The molecule has 3 fully saturated rings. The lowest BCUT2D eigenvalue weighted by Gasteiger charge is -2.49. The predicted molar refractivity (Wildman–Crippen MR) is 67.3 cm³/mol. The van der Waals surface area contributed by atoms with E-state index in [1.54, 1.807) is 0 Å². The maximum Gasteiger partial charge on any atom is 0.337 e. The molecule has 0 aromatic heterocycles. The minimum atomic E-state index is -0.328. The summed E-state index contributed by atoms with van der Waals surface area (Å²) >= 11 is 0. The van der Waals surface area contributed by atoms with E-state index in [1.165, 1.54) is 6.42 Å². The van der Waals surface area contributed by atoms with Crippen LogP contribution in [0.4, 0.5) is 0 Å². The molecular weight excluding hydrogens is 244 g/mol. The summed E-state index contributed by atoms with van der Waals surface area (Å²) < 4.78 is 11.5. The van der Waals surface area contributed by atoms with Gasteiger partial charge in [-0.15, -0.1) is 0 Å². The van der Waals surface area contributed by atoms with Gasteiger partial charge in [-0.3, -0.25) is 0 Å². The highest BCUT2D eigenvalue weighted by Crippen LogP contribution is 2.68. The highest BCUT2D eigenvalue weighted by Gasteiger charge is 2.73. The van der Waals surface area contributed by atoms with E-state index >= 15 is 0 Å². The third-order valence-electron chi connectivity index (χ3n) is 6.21. The molecule has 4 rings (SSSR count). The molecule has 5 atom stereocenters. The number of carbonyl (C=O) groups is 1. The van der Waals surface area contributed by atoms with Crippen molar-refractivity contribution < 1.29 is 19.4 Å². The Morgan fingerprint density at radius 2 is 2.21 bits per heavy atom. The molecule has 104 valence electrons. The van der Waals surface area contributed by atoms with Crippen LogP contribution in [0.25, 0.3) is 0 Å². The SMILES string of the molecule is C[C@@H]1CC[C@H]2O[C@]23C[C@H]2OC(=O)C(CO)=C2C[C@]13C. The minimum absolute atomic E-state index is 0.0793. The second-order valence-corrected chi connectivity index (χ2v) is 6.83. The van der Waals surface area contributed by atoms with Crippen molar-refractivity contribution in [3.63, 3.8) is 0 Å². The van der Waals surface area contributed by atoms with Crippen LogP contribution in [0.15, 0.2) is 11.1 Å². The van der Waals surface area contributed by atoms with Crippen LogP contribution < -0.4 is 0 Å². The van der Waals surface area contributed by atoms with Gasteiger partial charge >= 0.3 is 5.97 Å². The lowest BCUT2D eigenvalue weighted by molar-refractivity contribution is -0.142. The summed E-state index contributed by atoms with van der Waals surface area (Å²) in [5, 5.41) is 9.41. The molecular formula is C15H20O4. The molecule has 4 nitrogen and oxygen atoms in total. The van der Waals surface area contributed by atoms with E-state index in [4.69, 9.17) is 9.47 Å². The van der Waals surface area contributed by atoms with Gasteiger partial charge in [0, 0.05) is 11.8 Å². The van der Waals surface area contributed by atoms with Gasteiger partial charge in [0.25, 0.3) is 0 Å². The molecule has 0 unspecified atom stereocenters. The summed E-state index contributed by atoms with van der Waals surface area (Å²) in [6.45, 7) is 4.38. The molecule has 4 heteroatoms. The summed E-state index contributed by atoms with van der Waals surface area (Å²) in [7, 11) is 0. The number of fused-ring (bicyclic) bond motifs is 1. The van der Waals surface area contributed by atoms with Gasteiger partial charge in [0.1, 0.15) is 11.7 Å². The lowest BCUT2D eigenvalue weighted by atomic mass is 9.54. The summed E-state index contributed by atoms with van der Waals surface area (Å²) in [6.07, 6.45) is 4.12. The Kier molecular flexibility index (Phi) is 2.14. The summed E-state index contributed by atoms with van der Waals surface area (Å²) in [5.74, 6) is 0.251. The number of aliphatic hydroxyl groups is 1. The summed E-state index contributed by atoms with van der Waals surface area (Å²) in [6, 6.07) is 0. The van der Waals surface area contributed by atoms with Crippen LogP contribution in [0.3, 0.4) is 0 Å². The number of epoxide rings is 1. The van der Waals surface area contributed by atoms with E-state index in [-0.39, 0.29) is 29.7 Å².